The van der Waals surface area contributed by atoms with E-state index in [0.717, 1.165) is 5.88 Å². The van der Waals surface area contributed by atoms with Crippen molar-refractivity contribution in [2.75, 3.05) is 19.0 Å². The second-order valence-electron chi connectivity index (χ2n) is 2.97. The molecule has 0 amide bonds. The van der Waals surface area contributed by atoms with Crippen LogP contribution in [-0.4, -0.2) is 23.9 Å². The predicted octanol–water partition coefficient (Wildman–Crippen LogP) is 2.78. The fourth-order valence-corrected chi connectivity index (χ4v) is 1.44. The minimum Gasteiger partial charge on any atom is -0.294 e. The lowest BCUT2D eigenvalue weighted by Gasteiger charge is -2.18. The first-order chi connectivity index (χ1) is 5.35. The SMILES string of the molecule is CCCCCN(CS)CCC. The normalized spacial score (nSPS) is 10.9. The summed E-state index contributed by atoms with van der Waals surface area (Å²) >= 11 is 4.28. The first-order valence-electron chi connectivity index (χ1n) is 4.68. The van der Waals surface area contributed by atoms with E-state index in [1.165, 1.54) is 38.8 Å². The van der Waals surface area contributed by atoms with Crippen LogP contribution in [0.15, 0.2) is 0 Å². The molecule has 0 unspecified atom stereocenters. The first-order valence-corrected chi connectivity index (χ1v) is 5.31. The van der Waals surface area contributed by atoms with Crippen LogP contribution in [-0.2, 0) is 0 Å². The molecule has 0 atom stereocenters. The molecular formula is C9H21NS. The summed E-state index contributed by atoms with van der Waals surface area (Å²) < 4.78 is 0. The maximum absolute atomic E-state index is 4.28. The minimum absolute atomic E-state index is 0.914. The second kappa shape index (κ2) is 8.41. The molecule has 2 heteroatoms. The Hall–Kier alpha value is 0.310. The van der Waals surface area contributed by atoms with Crippen molar-refractivity contribution in [3.63, 3.8) is 0 Å². The lowest BCUT2D eigenvalue weighted by Crippen LogP contribution is -2.24. The van der Waals surface area contributed by atoms with Gasteiger partial charge in [-0.05, 0) is 25.9 Å². The Morgan fingerprint density at radius 3 is 2.18 bits per heavy atom. The Morgan fingerprint density at radius 1 is 1.00 bits per heavy atom. The van der Waals surface area contributed by atoms with Gasteiger partial charge in [0.2, 0.25) is 0 Å². The Morgan fingerprint density at radius 2 is 1.73 bits per heavy atom. The van der Waals surface area contributed by atoms with E-state index in [9.17, 15) is 0 Å². The van der Waals surface area contributed by atoms with E-state index >= 15 is 0 Å². The van der Waals surface area contributed by atoms with E-state index < -0.39 is 0 Å². The topological polar surface area (TPSA) is 3.24 Å². The number of nitrogens with zero attached hydrogens (tertiary/aromatic N) is 1. The fraction of sp³-hybridized carbons (Fsp3) is 1.00. The van der Waals surface area contributed by atoms with Crippen LogP contribution in [0, 0.1) is 0 Å². The van der Waals surface area contributed by atoms with Gasteiger partial charge in [0.25, 0.3) is 0 Å². The van der Waals surface area contributed by atoms with Crippen molar-refractivity contribution in [1.29, 1.82) is 0 Å². The molecule has 0 rings (SSSR count). The van der Waals surface area contributed by atoms with Gasteiger partial charge in [-0.1, -0.05) is 26.7 Å². The molecule has 0 aromatic heterocycles. The van der Waals surface area contributed by atoms with Gasteiger partial charge in [0.05, 0.1) is 0 Å². The zero-order valence-electron chi connectivity index (χ0n) is 7.84. The van der Waals surface area contributed by atoms with E-state index in [-0.39, 0.29) is 0 Å². The quantitative estimate of drug-likeness (QED) is 0.354. The highest BCUT2D eigenvalue weighted by Gasteiger charge is 1.98. The van der Waals surface area contributed by atoms with Gasteiger partial charge < -0.3 is 0 Å². The van der Waals surface area contributed by atoms with Gasteiger partial charge in [-0.2, -0.15) is 12.6 Å². The molecule has 0 aromatic rings. The summed E-state index contributed by atoms with van der Waals surface area (Å²) in [5, 5.41) is 0. The van der Waals surface area contributed by atoms with Gasteiger partial charge in [-0.25, -0.2) is 0 Å². The predicted molar refractivity (Wildman–Crippen MR) is 55.2 cm³/mol. The Kier molecular flexibility index (Phi) is 8.64. The van der Waals surface area contributed by atoms with Gasteiger partial charge >= 0.3 is 0 Å². The van der Waals surface area contributed by atoms with Gasteiger partial charge in [0.15, 0.2) is 0 Å². The summed E-state index contributed by atoms with van der Waals surface area (Å²) in [7, 11) is 0. The summed E-state index contributed by atoms with van der Waals surface area (Å²) in [5.74, 6) is 0.914. The van der Waals surface area contributed by atoms with Crippen LogP contribution < -0.4 is 0 Å². The van der Waals surface area contributed by atoms with Crippen molar-refractivity contribution in [3.8, 4) is 0 Å². The molecule has 0 aliphatic rings. The number of hydrogen-bond acceptors (Lipinski definition) is 2. The molecule has 0 heterocycles. The number of unbranched alkanes of at least 4 members (excludes halogenated alkanes) is 2. The molecule has 68 valence electrons. The molecule has 0 saturated heterocycles. The maximum atomic E-state index is 4.28. The van der Waals surface area contributed by atoms with E-state index in [1.54, 1.807) is 0 Å². The summed E-state index contributed by atoms with van der Waals surface area (Å²) in [6.45, 7) is 6.89. The first kappa shape index (κ1) is 11.3. The molecule has 0 aliphatic heterocycles. The number of hydrogen-bond donors (Lipinski definition) is 1. The summed E-state index contributed by atoms with van der Waals surface area (Å²) in [6.07, 6.45) is 5.24. The Bertz CT molecular complexity index is 76.0. The van der Waals surface area contributed by atoms with Crippen molar-refractivity contribution in [3.05, 3.63) is 0 Å². The van der Waals surface area contributed by atoms with Gasteiger partial charge in [-0.3, -0.25) is 4.90 Å². The smallest absolute Gasteiger partial charge is 0.0414 e. The second-order valence-corrected chi connectivity index (χ2v) is 3.25. The van der Waals surface area contributed by atoms with E-state index in [4.69, 9.17) is 0 Å². The number of rotatable bonds is 7. The standard InChI is InChI=1S/C9H21NS/c1-3-5-6-8-10(9-11)7-4-2/h11H,3-9H2,1-2H3. The van der Waals surface area contributed by atoms with Gasteiger partial charge in [-0.15, -0.1) is 0 Å². The minimum atomic E-state index is 0.914. The van der Waals surface area contributed by atoms with Crippen molar-refractivity contribution >= 4 is 12.6 Å². The molecule has 0 aliphatic carbocycles. The summed E-state index contributed by atoms with van der Waals surface area (Å²) in [6, 6.07) is 0. The molecule has 11 heavy (non-hydrogen) atoms. The third-order valence-corrected chi connectivity index (χ3v) is 2.22. The highest BCUT2D eigenvalue weighted by molar-refractivity contribution is 7.80. The zero-order valence-corrected chi connectivity index (χ0v) is 8.74. The van der Waals surface area contributed by atoms with E-state index in [0.29, 0.717) is 0 Å². The van der Waals surface area contributed by atoms with Crippen molar-refractivity contribution < 1.29 is 0 Å². The lowest BCUT2D eigenvalue weighted by molar-refractivity contribution is 0.314. The Labute approximate surface area is 76.6 Å². The molecular weight excluding hydrogens is 154 g/mol. The third-order valence-electron chi connectivity index (χ3n) is 1.82. The molecule has 0 bridgehead atoms. The lowest BCUT2D eigenvalue weighted by atomic mass is 10.2. The van der Waals surface area contributed by atoms with Crippen molar-refractivity contribution in [2.45, 2.75) is 39.5 Å². The van der Waals surface area contributed by atoms with Crippen LogP contribution in [0.25, 0.3) is 0 Å². The van der Waals surface area contributed by atoms with Crippen LogP contribution in [0.2, 0.25) is 0 Å². The fourth-order valence-electron chi connectivity index (χ4n) is 1.15. The monoisotopic (exact) mass is 175 g/mol. The highest BCUT2D eigenvalue weighted by Crippen LogP contribution is 1.99. The number of thiol groups is 1. The molecule has 0 fully saturated rings. The molecule has 0 spiro atoms. The third kappa shape index (κ3) is 6.70. The van der Waals surface area contributed by atoms with Gasteiger partial charge in [0, 0.05) is 5.88 Å². The van der Waals surface area contributed by atoms with E-state index in [1.807, 2.05) is 0 Å². The van der Waals surface area contributed by atoms with Crippen LogP contribution >= 0.6 is 12.6 Å². The molecule has 0 N–H and O–H groups in total. The van der Waals surface area contributed by atoms with Gasteiger partial charge in [0.1, 0.15) is 0 Å². The summed E-state index contributed by atoms with van der Waals surface area (Å²) in [4.78, 5) is 2.40. The van der Waals surface area contributed by atoms with Crippen molar-refractivity contribution in [1.82, 2.24) is 4.90 Å². The molecule has 0 aromatic carbocycles. The molecule has 0 saturated carbocycles. The van der Waals surface area contributed by atoms with Crippen LogP contribution in [0.1, 0.15) is 39.5 Å². The molecule has 1 nitrogen and oxygen atoms in total. The molecule has 0 radical (unpaired) electrons. The average molecular weight is 175 g/mol. The zero-order chi connectivity index (χ0) is 8.53. The van der Waals surface area contributed by atoms with Crippen molar-refractivity contribution in [2.24, 2.45) is 0 Å². The van der Waals surface area contributed by atoms with Crippen LogP contribution in [0.4, 0.5) is 0 Å². The average Bonchev–Trinajstić information content (AvgIpc) is 2.03. The Balaban J connectivity index is 3.20. The van der Waals surface area contributed by atoms with E-state index in [2.05, 4.69) is 31.4 Å². The maximum Gasteiger partial charge on any atom is 0.0414 e. The summed E-state index contributed by atoms with van der Waals surface area (Å²) in [5.41, 5.74) is 0. The largest absolute Gasteiger partial charge is 0.294 e. The van der Waals surface area contributed by atoms with Crippen LogP contribution in [0.5, 0.6) is 0 Å². The highest BCUT2D eigenvalue weighted by atomic mass is 32.1. The van der Waals surface area contributed by atoms with Crippen LogP contribution in [0.3, 0.4) is 0 Å².